The summed E-state index contributed by atoms with van der Waals surface area (Å²) in [4.78, 5) is 16.4. The van der Waals surface area contributed by atoms with Crippen LogP contribution in [0.15, 0.2) is 42.6 Å². The first kappa shape index (κ1) is 14.3. The maximum absolute atomic E-state index is 12.2. The number of hydrogen-bond acceptors (Lipinski definition) is 2. The lowest BCUT2D eigenvalue weighted by atomic mass is 10.0. The van der Waals surface area contributed by atoms with E-state index in [-0.39, 0.29) is 11.9 Å². The van der Waals surface area contributed by atoms with E-state index < -0.39 is 0 Å². The van der Waals surface area contributed by atoms with E-state index in [0.29, 0.717) is 5.56 Å². The quantitative estimate of drug-likeness (QED) is 0.921. The van der Waals surface area contributed by atoms with Crippen molar-refractivity contribution in [3.05, 3.63) is 65.0 Å². The normalized spacial score (nSPS) is 11.9. The third kappa shape index (κ3) is 3.44. The van der Waals surface area contributed by atoms with Crippen molar-refractivity contribution in [2.24, 2.45) is 0 Å². The summed E-state index contributed by atoms with van der Waals surface area (Å²) in [6.45, 7) is 6.03. The van der Waals surface area contributed by atoms with Gasteiger partial charge in [0.1, 0.15) is 0 Å². The van der Waals surface area contributed by atoms with Crippen molar-refractivity contribution in [3.63, 3.8) is 0 Å². The van der Waals surface area contributed by atoms with Gasteiger partial charge in [0.05, 0.1) is 11.6 Å². The van der Waals surface area contributed by atoms with Gasteiger partial charge in [-0.2, -0.15) is 0 Å². The Hall–Kier alpha value is -2.16. The van der Waals surface area contributed by atoms with E-state index in [1.54, 1.807) is 12.3 Å². The molecular weight excluding hydrogens is 248 g/mol. The third-order valence-electron chi connectivity index (χ3n) is 3.37. The van der Waals surface area contributed by atoms with Crippen molar-refractivity contribution in [2.75, 3.05) is 0 Å². The van der Waals surface area contributed by atoms with E-state index >= 15 is 0 Å². The lowest BCUT2D eigenvalue weighted by Gasteiger charge is -2.17. The molecule has 1 atom stereocenters. The van der Waals surface area contributed by atoms with Crippen molar-refractivity contribution in [1.29, 1.82) is 0 Å². The third-order valence-corrected chi connectivity index (χ3v) is 3.37. The standard InChI is InChI=1S/C17H20N2O/c1-4-16(14-8-5-12(2)6-9-14)19-17(20)15-10-7-13(3)18-11-15/h5-11,16H,4H2,1-3H3,(H,19,20). The van der Waals surface area contributed by atoms with E-state index in [2.05, 4.69) is 48.4 Å². The van der Waals surface area contributed by atoms with E-state index in [1.807, 2.05) is 13.0 Å². The lowest BCUT2D eigenvalue weighted by molar-refractivity contribution is 0.0935. The molecule has 3 nitrogen and oxygen atoms in total. The van der Waals surface area contributed by atoms with Gasteiger partial charge in [0.2, 0.25) is 0 Å². The number of rotatable bonds is 4. The van der Waals surface area contributed by atoms with Crippen LogP contribution in [0.2, 0.25) is 0 Å². The molecule has 2 aromatic rings. The molecule has 0 aliphatic rings. The van der Waals surface area contributed by atoms with Crippen LogP contribution in [0.25, 0.3) is 0 Å². The van der Waals surface area contributed by atoms with E-state index in [0.717, 1.165) is 17.7 Å². The Labute approximate surface area is 120 Å². The molecule has 1 heterocycles. The Kier molecular flexibility index (Phi) is 4.51. The highest BCUT2D eigenvalue weighted by molar-refractivity contribution is 5.94. The molecule has 0 fully saturated rings. The molecule has 0 bridgehead atoms. The van der Waals surface area contributed by atoms with E-state index in [4.69, 9.17) is 0 Å². The van der Waals surface area contributed by atoms with Crippen LogP contribution in [-0.2, 0) is 0 Å². The van der Waals surface area contributed by atoms with Gasteiger partial charge in [-0.25, -0.2) is 0 Å². The predicted molar refractivity (Wildman–Crippen MR) is 80.7 cm³/mol. The molecule has 1 aromatic heterocycles. The summed E-state index contributed by atoms with van der Waals surface area (Å²) in [5, 5.41) is 3.06. The molecule has 0 aliphatic heterocycles. The second-order valence-corrected chi connectivity index (χ2v) is 5.03. The molecule has 2 rings (SSSR count). The fourth-order valence-electron chi connectivity index (χ4n) is 2.06. The Balaban J connectivity index is 2.11. The lowest BCUT2D eigenvalue weighted by Crippen LogP contribution is -2.28. The predicted octanol–water partition coefficient (Wildman–Crippen LogP) is 3.58. The first-order valence-electron chi connectivity index (χ1n) is 6.90. The number of aryl methyl sites for hydroxylation is 2. The first-order chi connectivity index (χ1) is 9.60. The molecule has 1 amide bonds. The van der Waals surface area contributed by atoms with Crippen LogP contribution in [0.4, 0.5) is 0 Å². The minimum absolute atomic E-state index is 0.0319. The molecule has 104 valence electrons. The summed E-state index contributed by atoms with van der Waals surface area (Å²) in [6.07, 6.45) is 2.47. The van der Waals surface area contributed by atoms with Crippen LogP contribution >= 0.6 is 0 Å². The summed E-state index contributed by atoms with van der Waals surface area (Å²) >= 11 is 0. The van der Waals surface area contributed by atoms with Crippen LogP contribution < -0.4 is 5.32 Å². The van der Waals surface area contributed by atoms with Crippen LogP contribution in [-0.4, -0.2) is 10.9 Å². The van der Waals surface area contributed by atoms with Gasteiger partial charge in [0.25, 0.3) is 5.91 Å². The second kappa shape index (κ2) is 6.33. The van der Waals surface area contributed by atoms with Gasteiger partial charge in [0, 0.05) is 11.9 Å². The summed E-state index contributed by atoms with van der Waals surface area (Å²) < 4.78 is 0. The molecule has 0 spiro atoms. The average molecular weight is 268 g/mol. The van der Waals surface area contributed by atoms with Crippen molar-refractivity contribution < 1.29 is 4.79 Å². The van der Waals surface area contributed by atoms with Crippen LogP contribution in [0.1, 0.15) is 46.6 Å². The number of aromatic nitrogens is 1. The van der Waals surface area contributed by atoms with Crippen LogP contribution in [0, 0.1) is 13.8 Å². The van der Waals surface area contributed by atoms with Gasteiger partial charge >= 0.3 is 0 Å². The number of amides is 1. The zero-order valence-corrected chi connectivity index (χ0v) is 12.2. The highest BCUT2D eigenvalue weighted by Crippen LogP contribution is 2.17. The zero-order valence-electron chi connectivity index (χ0n) is 12.2. The van der Waals surface area contributed by atoms with Crippen molar-refractivity contribution >= 4 is 5.91 Å². The topological polar surface area (TPSA) is 42.0 Å². The minimum atomic E-state index is -0.0788. The minimum Gasteiger partial charge on any atom is -0.345 e. The number of nitrogens with one attached hydrogen (secondary N) is 1. The van der Waals surface area contributed by atoms with E-state index in [1.165, 1.54) is 5.56 Å². The smallest absolute Gasteiger partial charge is 0.253 e. The molecule has 1 unspecified atom stereocenters. The molecular formula is C17H20N2O. The number of carbonyl (C=O) groups excluding carboxylic acids is 1. The van der Waals surface area contributed by atoms with Crippen molar-refractivity contribution in [3.8, 4) is 0 Å². The molecule has 20 heavy (non-hydrogen) atoms. The molecule has 0 radical (unpaired) electrons. The number of carbonyl (C=O) groups is 1. The maximum Gasteiger partial charge on any atom is 0.253 e. The molecule has 1 N–H and O–H groups in total. The number of nitrogens with zero attached hydrogens (tertiary/aromatic N) is 1. The summed E-state index contributed by atoms with van der Waals surface area (Å²) in [6, 6.07) is 12.0. The Morgan fingerprint density at radius 1 is 1.15 bits per heavy atom. The number of pyridine rings is 1. The molecule has 0 saturated carbocycles. The van der Waals surface area contributed by atoms with Gasteiger partial charge in [-0.3, -0.25) is 9.78 Å². The summed E-state index contributed by atoms with van der Waals surface area (Å²) in [5.41, 5.74) is 3.86. The van der Waals surface area contributed by atoms with Gasteiger partial charge in [-0.15, -0.1) is 0 Å². The summed E-state index contributed by atoms with van der Waals surface area (Å²) in [7, 11) is 0. The number of benzene rings is 1. The van der Waals surface area contributed by atoms with Gasteiger partial charge in [0.15, 0.2) is 0 Å². The molecule has 1 aromatic carbocycles. The largest absolute Gasteiger partial charge is 0.345 e. The molecule has 3 heteroatoms. The van der Waals surface area contributed by atoms with Crippen LogP contribution in [0.5, 0.6) is 0 Å². The van der Waals surface area contributed by atoms with E-state index in [9.17, 15) is 4.79 Å². The Bertz CT molecular complexity index is 573. The maximum atomic E-state index is 12.2. The Morgan fingerprint density at radius 2 is 1.85 bits per heavy atom. The first-order valence-corrected chi connectivity index (χ1v) is 6.90. The monoisotopic (exact) mass is 268 g/mol. The fourth-order valence-corrected chi connectivity index (χ4v) is 2.06. The average Bonchev–Trinajstić information content (AvgIpc) is 2.46. The van der Waals surface area contributed by atoms with Gasteiger partial charge in [-0.1, -0.05) is 36.8 Å². The van der Waals surface area contributed by atoms with Gasteiger partial charge in [-0.05, 0) is 38.0 Å². The van der Waals surface area contributed by atoms with Crippen molar-refractivity contribution in [1.82, 2.24) is 10.3 Å². The SMILES string of the molecule is CCC(NC(=O)c1ccc(C)nc1)c1ccc(C)cc1. The Morgan fingerprint density at radius 3 is 2.40 bits per heavy atom. The highest BCUT2D eigenvalue weighted by atomic mass is 16.1. The van der Waals surface area contributed by atoms with Crippen molar-refractivity contribution in [2.45, 2.75) is 33.2 Å². The summed E-state index contributed by atoms with van der Waals surface area (Å²) in [5.74, 6) is -0.0788. The van der Waals surface area contributed by atoms with Gasteiger partial charge < -0.3 is 5.32 Å². The fraction of sp³-hybridized carbons (Fsp3) is 0.294. The second-order valence-electron chi connectivity index (χ2n) is 5.03. The highest BCUT2D eigenvalue weighted by Gasteiger charge is 2.14. The molecule has 0 aliphatic carbocycles. The van der Waals surface area contributed by atoms with Crippen LogP contribution in [0.3, 0.4) is 0 Å². The number of hydrogen-bond donors (Lipinski definition) is 1. The zero-order chi connectivity index (χ0) is 14.5. The molecule has 0 saturated heterocycles.